The smallest absolute Gasteiger partial charge is 0.130 e. The molecule has 0 aromatic heterocycles. The number of hydrogen-bond donors (Lipinski definition) is 1. The predicted molar refractivity (Wildman–Crippen MR) is 79.7 cm³/mol. The highest BCUT2D eigenvalue weighted by molar-refractivity contribution is 5.21. The highest BCUT2D eigenvalue weighted by atomic mass is 19.1. The Balaban J connectivity index is 2.75. The average molecular weight is 284 g/mol. The van der Waals surface area contributed by atoms with Crippen LogP contribution in [0.4, 0.5) is 8.78 Å². The largest absolute Gasteiger partial charge is 0.308 e. The minimum atomic E-state index is -0.537. The fourth-order valence-corrected chi connectivity index (χ4v) is 2.50. The predicted octanol–water partition coefficient (Wildman–Crippen LogP) is 3.59. The Morgan fingerprint density at radius 3 is 2.30 bits per heavy atom. The molecule has 1 aromatic carbocycles. The van der Waals surface area contributed by atoms with Crippen molar-refractivity contribution in [1.29, 1.82) is 0 Å². The Bertz CT molecular complexity index is 409. The molecular weight excluding hydrogens is 258 g/mol. The topological polar surface area (TPSA) is 15.3 Å². The van der Waals surface area contributed by atoms with E-state index in [1.54, 1.807) is 0 Å². The molecule has 0 spiro atoms. The van der Waals surface area contributed by atoms with Crippen LogP contribution in [0.15, 0.2) is 18.2 Å². The Hall–Kier alpha value is -1.00. The molecule has 2 atom stereocenters. The van der Waals surface area contributed by atoms with Crippen molar-refractivity contribution in [1.82, 2.24) is 10.2 Å². The lowest BCUT2D eigenvalue weighted by Crippen LogP contribution is -2.40. The SMILES string of the molecule is CC(C)CC(CN(C)C)NC(C)c1ccc(F)cc1F. The molecule has 0 aliphatic heterocycles. The van der Waals surface area contributed by atoms with E-state index in [-0.39, 0.29) is 12.1 Å². The zero-order chi connectivity index (χ0) is 15.3. The van der Waals surface area contributed by atoms with Gasteiger partial charge in [0.05, 0.1) is 0 Å². The van der Waals surface area contributed by atoms with Crippen molar-refractivity contribution in [2.75, 3.05) is 20.6 Å². The molecule has 2 nitrogen and oxygen atoms in total. The van der Waals surface area contributed by atoms with Gasteiger partial charge in [-0.2, -0.15) is 0 Å². The molecule has 1 N–H and O–H groups in total. The summed E-state index contributed by atoms with van der Waals surface area (Å²) in [5, 5.41) is 3.45. The van der Waals surface area contributed by atoms with E-state index >= 15 is 0 Å². The van der Waals surface area contributed by atoms with Gasteiger partial charge in [-0.05, 0) is 39.4 Å². The Labute approximate surface area is 121 Å². The van der Waals surface area contributed by atoms with Gasteiger partial charge in [-0.15, -0.1) is 0 Å². The fourth-order valence-electron chi connectivity index (χ4n) is 2.50. The van der Waals surface area contributed by atoms with Crippen LogP contribution < -0.4 is 5.32 Å². The summed E-state index contributed by atoms with van der Waals surface area (Å²) in [5.41, 5.74) is 0.513. The first-order valence-electron chi connectivity index (χ1n) is 7.15. The van der Waals surface area contributed by atoms with Crippen molar-refractivity contribution in [3.63, 3.8) is 0 Å². The van der Waals surface area contributed by atoms with Gasteiger partial charge >= 0.3 is 0 Å². The fraction of sp³-hybridized carbons (Fsp3) is 0.625. The highest BCUT2D eigenvalue weighted by Gasteiger charge is 2.18. The molecule has 0 radical (unpaired) electrons. The van der Waals surface area contributed by atoms with Crippen molar-refractivity contribution < 1.29 is 8.78 Å². The lowest BCUT2D eigenvalue weighted by molar-refractivity contribution is 0.289. The third kappa shape index (κ3) is 5.55. The van der Waals surface area contributed by atoms with Crippen LogP contribution in [0, 0.1) is 17.6 Å². The number of halogens is 2. The number of hydrogen-bond acceptors (Lipinski definition) is 2. The molecule has 0 saturated carbocycles. The second kappa shape index (κ2) is 7.70. The number of rotatable bonds is 7. The maximum Gasteiger partial charge on any atom is 0.130 e. The van der Waals surface area contributed by atoms with E-state index in [1.807, 2.05) is 21.0 Å². The number of likely N-dealkylation sites (N-methyl/N-ethyl adjacent to an activating group) is 1. The molecule has 114 valence electrons. The summed E-state index contributed by atoms with van der Waals surface area (Å²) < 4.78 is 26.7. The number of benzene rings is 1. The summed E-state index contributed by atoms with van der Waals surface area (Å²) in [6.45, 7) is 7.16. The molecule has 0 saturated heterocycles. The van der Waals surface area contributed by atoms with Crippen LogP contribution in [-0.2, 0) is 0 Å². The van der Waals surface area contributed by atoms with E-state index in [2.05, 4.69) is 24.1 Å². The molecule has 2 unspecified atom stereocenters. The standard InChI is InChI=1S/C16H26F2N2/c1-11(2)8-14(10-20(4)5)19-12(3)15-7-6-13(17)9-16(15)18/h6-7,9,11-12,14,19H,8,10H2,1-5H3. The zero-order valence-corrected chi connectivity index (χ0v) is 13.1. The van der Waals surface area contributed by atoms with Crippen LogP contribution in [0.1, 0.15) is 38.8 Å². The summed E-state index contributed by atoms with van der Waals surface area (Å²) in [6, 6.07) is 3.91. The molecule has 1 aromatic rings. The van der Waals surface area contributed by atoms with Crippen molar-refractivity contribution in [2.24, 2.45) is 5.92 Å². The summed E-state index contributed by atoms with van der Waals surface area (Å²) in [4.78, 5) is 2.12. The summed E-state index contributed by atoms with van der Waals surface area (Å²) in [6.07, 6.45) is 1.02. The van der Waals surface area contributed by atoms with Crippen molar-refractivity contribution in [2.45, 2.75) is 39.3 Å². The Kier molecular flexibility index (Phi) is 6.56. The second-order valence-electron chi connectivity index (χ2n) is 6.14. The van der Waals surface area contributed by atoms with E-state index in [9.17, 15) is 8.78 Å². The van der Waals surface area contributed by atoms with Crippen LogP contribution in [0.5, 0.6) is 0 Å². The van der Waals surface area contributed by atoms with Crippen LogP contribution in [0.2, 0.25) is 0 Å². The van der Waals surface area contributed by atoms with Gasteiger partial charge in [0.15, 0.2) is 0 Å². The normalized spacial score (nSPS) is 14.8. The van der Waals surface area contributed by atoms with Crippen molar-refractivity contribution in [3.8, 4) is 0 Å². The quantitative estimate of drug-likeness (QED) is 0.823. The first kappa shape index (κ1) is 17.1. The van der Waals surface area contributed by atoms with Crippen LogP contribution in [0.25, 0.3) is 0 Å². The zero-order valence-electron chi connectivity index (χ0n) is 13.1. The van der Waals surface area contributed by atoms with E-state index in [1.165, 1.54) is 12.1 Å². The van der Waals surface area contributed by atoms with Gasteiger partial charge in [0.1, 0.15) is 11.6 Å². The summed E-state index contributed by atoms with van der Waals surface area (Å²) in [5.74, 6) is -0.457. The van der Waals surface area contributed by atoms with Gasteiger partial charge in [-0.1, -0.05) is 19.9 Å². The minimum Gasteiger partial charge on any atom is -0.308 e. The van der Waals surface area contributed by atoms with Crippen molar-refractivity contribution >= 4 is 0 Å². The van der Waals surface area contributed by atoms with Crippen LogP contribution >= 0.6 is 0 Å². The van der Waals surface area contributed by atoms with Crippen molar-refractivity contribution in [3.05, 3.63) is 35.4 Å². The molecule has 0 aliphatic carbocycles. The van der Waals surface area contributed by atoms with Gasteiger partial charge in [0.2, 0.25) is 0 Å². The van der Waals surface area contributed by atoms with E-state index in [4.69, 9.17) is 0 Å². The van der Waals surface area contributed by atoms with E-state index in [0.717, 1.165) is 19.0 Å². The monoisotopic (exact) mass is 284 g/mol. The van der Waals surface area contributed by atoms with Gasteiger partial charge in [-0.25, -0.2) is 8.78 Å². The van der Waals surface area contributed by atoms with Crippen LogP contribution in [0.3, 0.4) is 0 Å². The molecule has 1 rings (SSSR count). The molecule has 0 amide bonds. The maximum atomic E-state index is 13.8. The third-order valence-corrected chi connectivity index (χ3v) is 3.26. The maximum absolute atomic E-state index is 13.8. The molecule has 20 heavy (non-hydrogen) atoms. The first-order chi connectivity index (χ1) is 9.29. The molecule has 4 heteroatoms. The van der Waals surface area contributed by atoms with Gasteiger partial charge in [0, 0.05) is 30.3 Å². The average Bonchev–Trinajstić information content (AvgIpc) is 2.26. The molecular formula is C16H26F2N2. The first-order valence-corrected chi connectivity index (χ1v) is 7.15. The third-order valence-electron chi connectivity index (χ3n) is 3.26. The second-order valence-corrected chi connectivity index (χ2v) is 6.14. The van der Waals surface area contributed by atoms with Gasteiger partial charge in [-0.3, -0.25) is 0 Å². The molecule has 0 aliphatic rings. The molecule has 0 fully saturated rings. The summed E-state index contributed by atoms with van der Waals surface area (Å²) >= 11 is 0. The van der Waals surface area contributed by atoms with E-state index in [0.29, 0.717) is 11.5 Å². The minimum absolute atomic E-state index is 0.140. The van der Waals surface area contributed by atoms with Crippen LogP contribution in [-0.4, -0.2) is 31.6 Å². The van der Waals surface area contributed by atoms with Gasteiger partial charge in [0.25, 0.3) is 0 Å². The molecule has 0 bridgehead atoms. The van der Waals surface area contributed by atoms with Gasteiger partial charge < -0.3 is 10.2 Å². The number of nitrogens with zero attached hydrogens (tertiary/aromatic N) is 1. The number of nitrogens with one attached hydrogen (secondary N) is 1. The highest BCUT2D eigenvalue weighted by Crippen LogP contribution is 2.19. The Morgan fingerprint density at radius 1 is 1.15 bits per heavy atom. The lowest BCUT2D eigenvalue weighted by Gasteiger charge is -2.27. The Morgan fingerprint density at radius 2 is 1.80 bits per heavy atom. The summed E-state index contributed by atoms with van der Waals surface area (Å²) in [7, 11) is 4.05. The molecule has 0 heterocycles. The van der Waals surface area contributed by atoms with E-state index < -0.39 is 11.6 Å². The lowest BCUT2D eigenvalue weighted by atomic mass is 10.0.